The van der Waals surface area contributed by atoms with Crippen LogP contribution in [0.15, 0.2) is 36.8 Å². The highest BCUT2D eigenvalue weighted by molar-refractivity contribution is 5.92. The Morgan fingerprint density at radius 2 is 2.22 bits per heavy atom. The summed E-state index contributed by atoms with van der Waals surface area (Å²) >= 11 is 0. The van der Waals surface area contributed by atoms with E-state index < -0.39 is 0 Å². The number of carbonyl (C=O) groups excluding carboxylic acids is 1. The summed E-state index contributed by atoms with van der Waals surface area (Å²) in [5.41, 5.74) is 1.67. The molecule has 23 heavy (non-hydrogen) atoms. The number of pyridine rings is 1. The Kier molecular flexibility index (Phi) is 4.43. The second kappa shape index (κ2) is 6.50. The van der Waals surface area contributed by atoms with Gasteiger partial charge in [0.2, 0.25) is 0 Å². The third-order valence-corrected chi connectivity index (χ3v) is 4.52. The fraction of sp³-hybridized carbons (Fsp3) is 0.471. The van der Waals surface area contributed by atoms with Crippen LogP contribution in [0.25, 0.3) is 0 Å². The Labute approximate surface area is 136 Å². The fourth-order valence-corrected chi connectivity index (χ4v) is 3.39. The lowest BCUT2D eigenvalue weighted by Crippen LogP contribution is -2.45. The Bertz CT molecular complexity index is 667. The third-order valence-electron chi connectivity index (χ3n) is 4.52. The van der Waals surface area contributed by atoms with E-state index in [1.807, 2.05) is 36.5 Å². The summed E-state index contributed by atoms with van der Waals surface area (Å²) in [6, 6.07) is 5.96. The predicted octanol–water partition coefficient (Wildman–Crippen LogP) is 1.20. The molecule has 2 aromatic rings. The molecule has 1 fully saturated rings. The van der Waals surface area contributed by atoms with Gasteiger partial charge in [0, 0.05) is 32.0 Å². The Morgan fingerprint density at radius 3 is 2.83 bits per heavy atom. The van der Waals surface area contributed by atoms with Gasteiger partial charge in [0.05, 0.1) is 12.2 Å². The van der Waals surface area contributed by atoms with Gasteiger partial charge in [-0.3, -0.25) is 14.5 Å². The van der Waals surface area contributed by atoms with E-state index in [1.165, 1.54) is 0 Å². The first kappa shape index (κ1) is 15.7. The van der Waals surface area contributed by atoms with E-state index in [4.69, 9.17) is 0 Å². The summed E-state index contributed by atoms with van der Waals surface area (Å²) in [5, 5.41) is 4.24. The lowest BCUT2D eigenvalue weighted by Gasteiger charge is -2.31. The Balaban J connectivity index is 1.84. The van der Waals surface area contributed by atoms with Crippen LogP contribution in [0.2, 0.25) is 0 Å². The number of carbonyl (C=O) groups is 1. The van der Waals surface area contributed by atoms with Gasteiger partial charge in [-0.25, -0.2) is 0 Å². The van der Waals surface area contributed by atoms with Gasteiger partial charge in [0.25, 0.3) is 5.91 Å². The predicted molar refractivity (Wildman–Crippen MR) is 88.1 cm³/mol. The van der Waals surface area contributed by atoms with Gasteiger partial charge < -0.3 is 9.80 Å². The molecule has 2 aromatic heterocycles. The quantitative estimate of drug-likeness (QED) is 0.851. The number of amides is 1. The maximum atomic E-state index is 12.8. The van der Waals surface area contributed by atoms with Crippen molar-refractivity contribution >= 4 is 5.91 Å². The smallest absolute Gasteiger partial charge is 0.272 e. The van der Waals surface area contributed by atoms with Crippen LogP contribution in [0.1, 0.15) is 22.5 Å². The molecule has 1 saturated heterocycles. The fourth-order valence-electron chi connectivity index (χ4n) is 3.39. The first-order chi connectivity index (χ1) is 11.1. The van der Waals surface area contributed by atoms with Crippen molar-refractivity contribution in [3.05, 3.63) is 48.0 Å². The molecule has 1 amide bonds. The summed E-state index contributed by atoms with van der Waals surface area (Å²) in [7, 11) is 6.07. The van der Waals surface area contributed by atoms with Gasteiger partial charge in [-0.15, -0.1) is 0 Å². The molecule has 6 nitrogen and oxygen atoms in total. The molecule has 3 heterocycles. The van der Waals surface area contributed by atoms with E-state index >= 15 is 0 Å². The topological polar surface area (TPSA) is 54.3 Å². The standard InChI is InChI=1S/C17H23N5O/c1-20(2)15-7-9-22(17(23)14-6-4-5-8-18-14)16(15)10-13-11-19-21(3)12-13/h4-6,8,11-12,15-16H,7,9-10H2,1-3H3/t15-,16+/m1/s1. The average molecular weight is 313 g/mol. The van der Waals surface area contributed by atoms with E-state index in [1.54, 1.807) is 16.9 Å². The average Bonchev–Trinajstić information content (AvgIpc) is 3.14. The second-order valence-corrected chi connectivity index (χ2v) is 6.33. The van der Waals surface area contributed by atoms with Crippen LogP contribution in [0.3, 0.4) is 0 Å². The molecule has 122 valence electrons. The molecule has 6 heteroatoms. The molecule has 0 bridgehead atoms. The lowest BCUT2D eigenvalue weighted by atomic mass is 10.0. The molecule has 0 N–H and O–H groups in total. The summed E-state index contributed by atoms with van der Waals surface area (Å²) in [6.07, 6.45) is 7.37. The third kappa shape index (κ3) is 3.27. The van der Waals surface area contributed by atoms with Gasteiger partial charge >= 0.3 is 0 Å². The van der Waals surface area contributed by atoms with Gasteiger partial charge in [-0.1, -0.05) is 6.07 Å². The van der Waals surface area contributed by atoms with E-state index in [0.717, 1.165) is 24.9 Å². The van der Waals surface area contributed by atoms with Gasteiger partial charge in [-0.05, 0) is 44.6 Å². The number of nitrogens with zero attached hydrogens (tertiary/aromatic N) is 5. The SMILES string of the molecule is CN(C)[C@@H]1CCN(C(=O)c2ccccn2)[C@H]1Cc1cnn(C)c1. The first-order valence-electron chi connectivity index (χ1n) is 7.92. The van der Waals surface area contributed by atoms with Crippen LogP contribution in [0.5, 0.6) is 0 Å². The van der Waals surface area contributed by atoms with Crippen LogP contribution < -0.4 is 0 Å². The maximum absolute atomic E-state index is 12.8. The van der Waals surface area contributed by atoms with Crippen LogP contribution in [0.4, 0.5) is 0 Å². The van der Waals surface area contributed by atoms with Gasteiger partial charge in [0.1, 0.15) is 5.69 Å². The zero-order valence-electron chi connectivity index (χ0n) is 13.9. The maximum Gasteiger partial charge on any atom is 0.272 e. The molecular formula is C17H23N5O. The number of likely N-dealkylation sites (tertiary alicyclic amines) is 1. The van der Waals surface area contributed by atoms with Gasteiger partial charge in [-0.2, -0.15) is 5.10 Å². The first-order valence-corrected chi connectivity index (χ1v) is 7.92. The summed E-state index contributed by atoms with van der Waals surface area (Å²) in [5.74, 6) is 0.0174. The molecule has 0 aromatic carbocycles. The molecule has 1 aliphatic rings. The van der Waals surface area contributed by atoms with Crippen LogP contribution >= 0.6 is 0 Å². The normalized spacial score (nSPS) is 21.1. The summed E-state index contributed by atoms with van der Waals surface area (Å²) < 4.78 is 1.81. The summed E-state index contributed by atoms with van der Waals surface area (Å²) in [6.45, 7) is 0.767. The Hall–Kier alpha value is -2.21. The van der Waals surface area contributed by atoms with E-state index in [0.29, 0.717) is 11.7 Å². The number of hydrogen-bond donors (Lipinski definition) is 0. The minimum atomic E-state index is 0.0174. The second-order valence-electron chi connectivity index (χ2n) is 6.33. The molecule has 0 saturated carbocycles. The van der Waals surface area contributed by atoms with Crippen molar-refractivity contribution in [2.45, 2.75) is 24.9 Å². The van der Waals surface area contributed by atoms with Crippen molar-refractivity contribution in [3.63, 3.8) is 0 Å². The van der Waals surface area contributed by atoms with Crippen molar-refractivity contribution < 1.29 is 4.79 Å². The Morgan fingerprint density at radius 1 is 1.39 bits per heavy atom. The number of aryl methyl sites for hydroxylation is 1. The molecule has 2 atom stereocenters. The van der Waals surface area contributed by atoms with E-state index in [-0.39, 0.29) is 11.9 Å². The van der Waals surface area contributed by atoms with Crippen molar-refractivity contribution in [1.29, 1.82) is 0 Å². The van der Waals surface area contributed by atoms with Crippen LogP contribution in [-0.2, 0) is 13.5 Å². The summed E-state index contributed by atoms with van der Waals surface area (Å²) in [4.78, 5) is 21.2. The molecule has 0 unspecified atom stereocenters. The molecule has 0 radical (unpaired) electrons. The lowest BCUT2D eigenvalue weighted by molar-refractivity contribution is 0.0698. The van der Waals surface area contributed by atoms with Crippen LogP contribution in [0, 0.1) is 0 Å². The minimum absolute atomic E-state index is 0.0174. The monoisotopic (exact) mass is 313 g/mol. The largest absolute Gasteiger partial charge is 0.332 e. The van der Waals surface area contributed by atoms with Crippen molar-refractivity contribution in [2.75, 3.05) is 20.6 Å². The van der Waals surface area contributed by atoms with E-state index in [9.17, 15) is 4.79 Å². The molecular weight excluding hydrogens is 290 g/mol. The highest BCUT2D eigenvalue weighted by Gasteiger charge is 2.38. The number of hydrogen-bond acceptors (Lipinski definition) is 4. The molecule has 0 spiro atoms. The zero-order chi connectivity index (χ0) is 16.4. The molecule has 3 rings (SSSR count). The number of aromatic nitrogens is 3. The highest BCUT2D eigenvalue weighted by Crippen LogP contribution is 2.26. The zero-order valence-corrected chi connectivity index (χ0v) is 13.9. The number of rotatable bonds is 4. The van der Waals surface area contributed by atoms with Crippen molar-refractivity contribution in [1.82, 2.24) is 24.6 Å². The van der Waals surface area contributed by atoms with Crippen molar-refractivity contribution in [3.8, 4) is 0 Å². The highest BCUT2D eigenvalue weighted by atomic mass is 16.2. The molecule has 0 aliphatic carbocycles. The van der Waals surface area contributed by atoms with E-state index in [2.05, 4.69) is 29.1 Å². The number of likely N-dealkylation sites (N-methyl/N-ethyl adjacent to an activating group) is 1. The van der Waals surface area contributed by atoms with Gasteiger partial charge in [0.15, 0.2) is 0 Å². The molecule has 1 aliphatic heterocycles. The van der Waals surface area contributed by atoms with Crippen LogP contribution in [-0.4, -0.2) is 63.2 Å². The minimum Gasteiger partial charge on any atom is -0.332 e. The van der Waals surface area contributed by atoms with Crippen molar-refractivity contribution in [2.24, 2.45) is 7.05 Å².